The van der Waals surface area contributed by atoms with E-state index in [0.29, 0.717) is 18.7 Å². The Kier molecular flexibility index (Phi) is 4.76. The van der Waals surface area contributed by atoms with Crippen molar-refractivity contribution in [3.05, 3.63) is 29.3 Å². The van der Waals surface area contributed by atoms with E-state index in [9.17, 15) is 4.79 Å². The van der Waals surface area contributed by atoms with Gasteiger partial charge in [-0.15, -0.1) is 0 Å². The first-order chi connectivity index (χ1) is 8.79. The van der Waals surface area contributed by atoms with Crippen LogP contribution in [-0.2, 0) is 17.6 Å². The second kappa shape index (κ2) is 6.55. The molecule has 0 aliphatic carbocycles. The molecule has 0 atom stereocenters. The van der Waals surface area contributed by atoms with Gasteiger partial charge in [0.1, 0.15) is 11.5 Å². The smallest absolute Gasteiger partial charge is 0.146 e. The average Bonchev–Trinajstić information content (AvgIpc) is 2.84. The maximum Gasteiger partial charge on any atom is 0.146 e. The number of hydrogen-bond donors (Lipinski definition) is 1. The lowest BCUT2D eigenvalue weighted by molar-refractivity contribution is -0.118. The minimum Gasteiger partial charge on any atom is -0.493 e. The lowest BCUT2D eigenvalue weighted by Crippen LogP contribution is -2.23. The summed E-state index contributed by atoms with van der Waals surface area (Å²) in [5, 5.41) is 3.14. The number of aryl methyl sites for hydroxylation is 1. The summed E-state index contributed by atoms with van der Waals surface area (Å²) in [5.74, 6) is 1.30. The van der Waals surface area contributed by atoms with E-state index >= 15 is 0 Å². The minimum atomic E-state index is 0.292. The highest BCUT2D eigenvalue weighted by molar-refractivity contribution is 5.80. The fourth-order valence-electron chi connectivity index (χ4n) is 2.17. The van der Waals surface area contributed by atoms with Gasteiger partial charge in [0.15, 0.2) is 0 Å². The number of fused-ring (bicyclic) bond motifs is 1. The number of rotatable bonds is 7. The van der Waals surface area contributed by atoms with E-state index in [2.05, 4.69) is 24.4 Å². The predicted molar refractivity (Wildman–Crippen MR) is 72.1 cm³/mol. The highest BCUT2D eigenvalue weighted by Crippen LogP contribution is 2.26. The molecule has 0 unspecified atom stereocenters. The Morgan fingerprint density at radius 2 is 2.33 bits per heavy atom. The monoisotopic (exact) mass is 247 g/mol. The van der Waals surface area contributed by atoms with Crippen molar-refractivity contribution in [3.63, 3.8) is 0 Å². The molecule has 0 spiro atoms. The standard InChI is InChI=1S/C15H21NO2/c1-2-8-16-11-14(17)5-3-12-4-6-15-13(10-12)7-9-18-15/h4,6,10,16H,2-3,5,7-9,11H2,1H3. The molecule has 18 heavy (non-hydrogen) atoms. The Labute approximate surface area is 109 Å². The summed E-state index contributed by atoms with van der Waals surface area (Å²) < 4.78 is 5.47. The average molecular weight is 247 g/mol. The quantitative estimate of drug-likeness (QED) is 0.750. The molecule has 0 radical (unpaired) electrons. The second-order valence-electron chi connectivity index (χ2n) is 4.76. The molecule has 0 saturated heterocycles. The van der Waals surface area contributed by atoms with Crippen molar-refractivity contribution in [2.75, 3.05) is 19.7 Å². The molecular formula is C15H21NO2. The Morgan fingerprint density at radius 3 is 3.17 bits per heavy atom. The number of ether oxygens (including phenoxy) is 1. The van der Waals surface area contributed by atoms with Gasteiger partial charge in [0.2, 0.25) is 0 Å². The summed E-state index contributed by atoms with van der Waals surface area (Å²) >= 11 is 0. The molecular weight excluding hydrogens is 226 g/mol. The van der Waals surface area contributed by atoms with Gasteiger partial charge in [-0.25, -0.2) is 0 Å². The van der Waals surface area contributed by atoms with E-state index in [1.807, 2.05) is 6.07 Å². The van der Waals surface area contributed by atoms with Crippen LogP contribution in [0.4, 0.5) is 0 Å². The van der Waals surface area contributed by atoms with Crippen molar-refractivity contribution < 1.29 is 9.53 Å². The van der Waals surface area contributed by atoms with E-state index in [1.165, 1.54) is 11.1 Å². The normalized spacial score (nSPS) is 13.2. The van der Waals surface area contributed by atoms with E-state index in [4.69, 9.17) is 4.74 Å². The zero-order valence-electron chi connectivity index (χ0n) is 11.0. The molecule has 0 bridgehead atoms. The van der Waals surface area contributed by atoms with E-state index in [0.717, 1.165) is 38.2 Å². The highest BCUT2D eigenvalue weighted by atomic mass is 16.5. The van der Waals surface area contributed by atoms with Crippen LogP contribution in [0.3, 0.4) is 0 Å². The summed E-state index contributed by atoms with van der Waals surface area (Å²) in [6.45, 7) is 4.31. The molecule has 0 fully saturated rings. The number of Topliss-reactive ketones (excluding diaryl/α,β-unsaturated/α-hetero) is 1. The summed E-state index contributed by atoms with van der Waals surface area (Å²) in [4.78, 5) is 11.6. The zero-order chi connectivity index (χ0) is 12.8. The molecule has 0 aromatic heterocycles. The van der Waals surface area contributed by atoms with Crippen molar-refractivity contribution in [1.82, 2.24) is 5.32 Å². The summed E-state index contributed by atoms with van der Waals surface area (Å²) in [6, 6.07) is 6.27. The lowest BCUT2D eigenvalue weighted by Gasteiger charge is -2.05. The third-order valence-corrected chi connectivity index (χ3v) is 3.20. The van der Waals surface area contributed by atoms with Gasteiger partial charge in [0, 0.05) is 12.8 Å². The van der Waals surface area contributed by atoms with Gasteiger partial charge in [-0.05, 0) is 36.6 Å². The van der Waals surface area contributed by atoms with E-state index < -0.39 is 0 Å². The van der Waals surface area contributed by atoms with Gasteiger partial charge >= 0.3 is 0 Å². The molecule has 1 aromatic rings. The third-order valence-electron chi connectivity index (χ3n) is 3.20. The van der Waals surface area contributed by atoms with Gasteiger partial charge in [-0.3, -0.25) is 4.79 Å². The van der Waals surface area contributed by atoms with Gasteiger partial charge in [-0.1, -0.05) is 19.1 Å². The maximum absolute atomic E-state index is 11.6. The first kappa shape index (κ1) is 13.1. The van der Waals surface area contributed by atoms with Gasteiger partial charge in [-0.2, -0.15) is 0 Å². The molecule has 1 aliphatic rings. The fourth-order valence-corrected chi connectivity index (χ4v) is 2.17. The molecule has 0 saturated carbocycles. The summed E-state index contributed by atoms with van der Waals surface area (Å²) in [7, 11) is 0. The van der Waals surface area contributed by atoms with Crippen LogP contribution in [0.2, 0.25) is 0 Å². The predicted octanol–water partition coefficient (Wildman–Crippen LogP) is 2.12. The number of ketones is 1. The Bertz CT molecular complexity index is 415. The van der Waals surface area contributed by atoms with Crippen LogP contribution in [0.5, 0.6) is 5.75 Å². The lowest BCUT2D eigenvalue weighted by atomic mass is 10.0. The van der Waals surface area contributed by atoms with Crippen molar-refractivity contribution in [2.45, 2.75) is 32.6 Å². The number of carbonyl (C=O) groups excluding carboxylic acids is 1. The SMILES string of the molecule is CCCNCC(=O)CCc1ccc2c(c1)CCO2. The van der Waals surface area contributed by atoms with Crippen LogP contribution in [0.1, 0.15) is 30.9 Å². The Morgan fingerprint density at radius 1 is 1.44 bits per heavy atom. The van der Waals surface area contributed by atoms with Crippen molar-refractivity contribution >= 4 is 5.78 Å². The molecule has 3 heteroatoms. The van der Waals surface area contributed by atoms with Crippen LogP contribution < -0.4 is 10.1 Å². The Hall–Kier alpha value is -1.35. The number of carbonyl (C=O) groups is 1. The largest absolute Gasteiger partial charge is 0.493 e. The van der Waals surface area contributed by atoms with Crippen molar-refractivity contribution in [1.29, 1.82) is 0 Å². The first-order valence-corrected chi connectivity index (χ1v) is 6.76. The van der Waals surface area contributed by atoms with Crippen LogP contribution in [0, 0.1) is 0 Å². The van der Waals surface area contributed by atoms with Gasteiger partial charge < -0.3 is 10.1 Å². The first-order valence-electron chi connectivity index (χ1n) is 6.76. The zero-order valence-corrected chi connectivity index (χ0v) is 11.0. The second-order valence-corrected chi connectivity index (χ2v) is 4.76. The van der Waals surface area contributed by atoms with Crippen LogP contribution in [0.15, 0.2) is 18.2 Å². The molecule has 1 N–H and O–H groups in total. The van der Waals surface area contributed by atoms with Gasteiger partial charge in [0.25, 0.3) is 0 Å². The number of nitrogens with one attached hydrogen (secondary N) is 1. The molecule has 98 valence electrons. The number of benzene rings is 1. The molecule has 2 rings (SSSR count). The third kappa shape index (κ3) is 3.57. The van der Waals surface area contributed by atoms with E-state index in [-0.39, 0.29) is 0 Å². The van der Waals surface area contributed by atoms with Crippen LogP contribution >= 0.6 is 0 Å². The topological polar surface area (TPSA) is 38.3 Å². The van der Waals surface area contributed by atoms with E-state index in [1.54, 1.807) is 0 Å². The maximum atomic E-state index is 11.6. The van der Waals surface area contributed by atoms with Crippen LogP contribution in [0.25, 0.3) is 0 Å². The number of hydrogen-bond acceptors (Lipinski definition) is 3. The summed E-state index contributed by atoms with van der Waals surface area (Å²) in [6.07, 6.45) is 3.52. The minimum absolute atomic E-state index is 0.292. The fraction of sp³-hybridized carbons (Fsp3) is 0.533. The molecule has 3 nitrogen and oxygen atoms in total. The molecule has 1 aromatic carbocycles. The Balaban J connectivity index is 1.78. The molecule has 1 heterocycles. The van der Waals surface area contributed by atoms with Crippen LogP contribution in [-0.4, -0.2) is 25.5 Å². The summed E-state index contributed by atoms with van der Waals surface area (Å²) in [5.41, 5.74) is 2.52. The highest BCUT2D eigenvalue weighted by Gasteiger charge is 2.12. The van der Waals surface area contributed by atoms with Crippen molar-refractivity contribution in [3.8, 4) is 5.75 Å². The molecule has 0 amide bonds. The van der Waals surface area contributed by atoms with Gasteiger partial charge in [0.05, 0.1) is 13.2 Å². The molecule has 1 aliphatic heterocycles. The van der Waals surface area contributed by atoms with Crippen molar-refractivity contribution in [2.24, 2.45) is 0 Å².